The summed E-state index contributed by atoms with van der Waals surface area (Å²) in [4.78, 5) is 27.0. The summed E-state index contributed by atoms with van der Waals surface area (Å²) in [6.45, 7) is -0.317. The van der Waals surface area contributed by atoms with Crippen molar-refractivity contribution in [1.29, 1.82) is 0 Å². The normalized spacial score (nSPS) is 22.2. The average molecular weight is 446 g/mol. The third-order valence-corrected chi connectivity index (χ3v) is 9.20. The molecule has 0 unspecified atom stereocenters. The molecular formula is C18H27N3O6S2. The fourth-order valence-corrected chi connectivity index (χ4v) is 6.74. The molecule has 162 valence electrons. The van der Waals surface area contributed by atoms with Gasteiger partial charge in [-0.25, -0.2) is 21.1 Å². The van der Waals surface area contributed by atoms with Gasteiger partial charge in [-0.15, -0.1) is 0 Å². The number of amides is 1. The Labute approximate surface area is 171 Å². The van der Waals surface area contributed by atoms with Gasteiger partial charge in [-0.1, -0.05) is 12.8 Å². The van der Waals surface area contributed by atoms with Crippen molar-refractivity contribution in [3.05, 3.63) is 28.7 Å². The average Bonchev–Trinajstić information content (AvgIpc) is 3.27. The topological polar surface area (TPSA) is 114 Å². The smallest absolute Gasteiger partial charge is 0.251 e. The first-order chi connectivity index (χ1) is 13.5. The van der Waals surface area contributed by atoms with E-state index in [1.807, 2.05) is 0 Å². The maximum absolute atomic E-state index is 13.2. The molecular weight excluding hydrogens is 418 g/mol. The summed E-state index contributed by atoms with van der Waals surface area (Å²) in [7, 11) is -4.14. The van der Waals surface area contributed by atoms with Gasteiger partial charge in [0.05, 0.1) is 16.4 Å². The Morgan fingerprint density at radius 1 is 1.14 bits per heavy atom. The minimum absolute atomic E-state index is 0.0369. The summed E-state index contributed by atoms with van der Waals surface area (Å²) in [6, 6.07) is 1.92. The molecule has 1 saturated heterocycles. The van der Waals surface area contributed by atoms with Gasteiger partial charge in [0.25, 0.3) is 5.56 Å². The van der Waals surface area contributed by atoms with Gasteiger partial charge in [0, 0.05) is 38.4 Å². The molecule has 29 heavy (non-hydrogen) atoms. The quantitative estimate of drug-likeness (QED) is 0.612. The molecule has 1 aliphatic heterocycles. The summed E-state index contributed by atoms with van der Waals surface area (Å²) in [5, 5.41) is 0. The standard InChI is InChI=1S/C18H27N3O6S2/c1-19(2)29(26,27)16-7-8-17(22)20(11-16)12-18(23)21(14-5-3-4-6-14)15-9-10-28(24,25)13-15/h7-8,11,14-15H,3-6,9-10,12-13H2,1-2H3/t15-/m1/s1. The molecule has 1 amide bonds. The molecule has 0 bridgehead atoms. The number of pyridine rings is 1. The number of hydrogen-bond acceptors (Lipinski definition) is 6. The maximum atomic E-state index is 13.2. The molecule has 2 fully saturated rings. The molecule has 9 nitrogen and oxygen atoms in total. The van der Waals surface area contributed by atoms with Crippen molar-refractivity contribution in [2.75, 3.05) is 25.6 Å². The highest BCUT2D eigenvalue weighted by atomic mass is 32.2. The van der Waals surface area contributed by atoms with Crippen LogP contribution in [-0.4, -0.2) is 74.2 Å². The summed E-state index contributed by atoms with van der Waals surface area (Å²) >= 11 is 0. The van der Waals surface area contributed by atoms with Crippen LogP contribution in [0.5, 0.6) is 0 Å². The van der Waals surface area contributed by atoms with Crippen LogP contribution in [0, 0.1) is 0 Å². The van der Waals surface area contributed by atoms with Crippen LogP contribution in [-0.2, 0) is 31.2 Å². The minimum Gasteiger partial charge on any atom is -0.334 e. The Balaban J connectivity index is 1.89. The van der Waals surface area contributed by atoms with E-state index < -0.39 is 25.4 Å². The fourth-order valence-electron chi connectivity index (χ4n) is 4.11. The van der Waals surface area contributed by atoms with E-state index in [2.05, 4.69) is 0 Å². The van der Waals surface area contributed by atoms with Gasteiger partial charge >= 0.3 is 0 Å². The molecule has 2 heterocycles. The number of sulfonamides is 1. The molecule has 1 aliphatic carbocycles. The van der Waals surface area contributed by atoms with Crippen molar-refractivity contribution in [2.24, 2.45) is 0 Å². The second kappa shape index (κ2) is 8.19. The highest BCUT2D eigenvalue weighted by molar-refractivity contribution is 7.91. The first-order valence-electron chi connectivity index (χ1n) is 9.66. The monoisotopic (exact) mass is 445 g/mol. The Kier molecular flexibility index (Phi) is 6.21. The van der Waals surface area contributed by atoms with Crippen molar-refractivity contribution >= 4 is 25.8 Å². The van der Waals surface area contributed by atoms with E-state index in [1.165, 1.54) is 26.4 Å². The molecule has 3 rings (SSSR count). The highest BCUT2D eigenvalue weighted by Gasteiger charge is 2.39. The second-order valence-corrected chi connectivity index (χ2v) is 12.3. The molecule has 11 heteroatoms. The molecule has 1 saturated carbocycles. The number of aromatic nitrogens is 1. The molecule has 1 aromatic rings. The fraction of sp³-hybridized carbons (Fsp3) is 0.667. The predicted molar refractivity (Wildman–Crippen MR) is 108 cm³/mol. The van der Waals surface area contributed by atoms with E-state index in [1.54, 1.807) is 4.90 Å². The molecule has 0 N–H and O–H groups in total. The van der Waals surface area contributed by atoms with E-state index in [-0.39, 0.29) is 40.9 Å². The van der Waals surface area contributed by atoms with E-state index in [9.17, 15) is 26.4 Å². The van der Waals surface area contributed by atoms with E-state index >= 15 is 0 Å². The summed E-state index contributed by atoms with van der Waals surface area (Å²) in [6.07, 6.45) is 5.15. The van der Waals surface area contributed by atoms with Gasteiger partial charge in [-0.05, 0) is 25.3 Å². The summed E-state index contributed by atoms with van der Waals surface area (Å²) in [5.41, 5.74) is -0.485. The Morgan fingerprint density at radius 2 is 1.79 bits per heavy atom. The zero-order valence-electron chi connectivity index (χ0n) is 16.7. The van der Waals surface area contributed by atoms with Gasteiger partial charge in [-0.2, -0.15) is 0 Å². The number of rotatable bonds is 6. The third-order valence-electron chi connectivity index (χ3n) is 5.65. The molecule has 1 aromatic heterocycles. The third kappa shape index (κ3) is 4.72. The molecule has 0 aromatic carbocycles. The van der Waals surface area contributed by atoms with Crippen LogP contribution in [0.25, 0.3) is 0 Å². The van der Waals surface area contributed by atoms with E-state index in [0.717, 1.165) is 40.6 Å². The number of nitrogens with zero attached hydrogens (tertiary/aromatic N) is 3. The Hall–Kier alpha value is -1.72. The van der Waals surface area contributed by atoms with Crippen LogP contribution in [0.2, 0.25) is 0 Å². The molecule has 0 radical (unpaired) electrons. The van der Waals surface area contributed by atoms with Gasteiger partial charge in [0.2, 0.25) is 15.9 Å². The molecule has 2 aliphatic rings. The van der Waals surface area contributed by atoms with Crippen LogP contribution < -0.4 is 5.56 Å². The first kappa shape index (κ1) is 22.0. The van der Waals surface area contributed by atoms with Gasteiger partial charge in [0.1, 0.15) is 6.54 Å². The first-order valence-corrected chi connectivity index (χ1v) is 12.9. The van der Waals surface area contributed by atoms with Gasteiger partial charge in [0.15, 0.2) is 9.84 Å². The van der Waals surface area contributed by atoms with Gasteiger partial charge in [-0.3, -0.25) is 9.59 Å². The Morgan fingerprint density at radius 3 is 2.34 bits per heavy atom. The van der Waals surface area contributed by atoms with Crippen LogP contribution in [0.15, 0.2) is 28.0 Å². The predicted octanol–water partition coefficient (Wildman–Crippen LogP) is 0.0569. The summed E-state index contributed by atoms with van der Waals surface area (Å²) in [5.74, 6) is -0.343. The lowest BCUT2D eigenvalue weighted by Crippen LogP contribution is -2.49. The lowest BCUT2D eigenvalue weighted by atomic mass is 10.1. The number of hydrogen-bond donors (Lipinski definition) is 0. The van der Waals surface area contributed by atoms with Crippen molar-refractivity contribution in [1.82, 2.24) is 13.8 Å². The van der Waals surface area contributed by atoms with Crippen molar-refractivity contribution in [3.63, 3.8) is 0 Å². The number of sulfone groups is 1. The largest absolute Gasteiger partial charge is 0.334 e. The summed E-state index contributed by atoms with van der Waals surface area (Å²) < 4.78 is 50.7. The minimum atomic E-state index is -3.75. The van der Waals surface area contributed by atoms with E-state index in [4.69, 9.17) is 0 Å². The van der Waals surface area contributed by atoms with Crippen molar-refractivity contribution < 1.29 is 21.6 Å². The SMILES string of the molecule is CN(C)S(=O)(=O)c1ccc(=O)n(CC(=O)N(C2CCCC2)[C@@H]2CCS(=O)(=O)C2)c1. The number of carbonyl (C=O) groups is 1. The van der Waals surface area contributed by atoms with Crippen LogP contribution in [0.3, 0.4) is 0 Å². The van der Waals surface area contributed by atoms with Crippen molar-refractivity contribution in [3.8, 4) is 0 Å². The second-order valence-electron chi connectivity index (χ2n) is 7.91. The Bertz CT molecular complexity index is 1040. The van der Waals surface area contributed by atoms with Crippen molar-refractivity contribution in [2.45, 2.75) is 55.6 Å². The van der Waals surface area contributed by atoms with Gasteiger partial charge < -0.3 is 9.47 Å². The van der Waals surface area contributed by atoms with Crippen LogP contribution >= 0.6 is 0 Å². The van der Waals surface area contributed by atoms with Crippen LogP contribution in [0.4, 0.5) is 0 Å². The lowest BCUT2D eigenvalue weighted by Gasteiger charge is -2.34. The van der Waals surface area contributed by atoms with Crippen LogP contribution in [0.1, 0.15) is 32.1 Å². The lowest BCUT2D eigenvalue weighted by molar-refractivity contribution is -0.136. The zero-order valence-corrected chi connectivity index (χ0v) is 18.3. The molecule has 1 atom stereocenters. The highest BCUT2D eigenvalue weighted by Crippen LogP contribution is 2.29. The maximum Gasteiger partial charge on any atom is 0.251 e. The zero-order chi connectivity index (χ0) is 21.4. The number of carbonyl (C=O) groups excluding carboxylic acids is 1. The molecule has 0 spiro atoms. The van der Waals surface area contributed by atoms with E-state index in [0.29, 0.717) is 6.42 Å².